The predicted molar refractivity (Wildman–Crippen MR) is 73.2 cm³/mol. The van der Waals surface area contributed by atoms with Crippen LogP contribution in [0.4, 0.5) is 5.82 Å². The van der Waals surface area contributed by atoms with E-state index in [4.69, 9.17) is 4.74 Å². The average Bonchev–Trinajstić information content (AvgIpc) is 3.08. The Morgan fingerprint density at radius 1 is 1.37 bits per heavy atom. The number of likely N-dealkylation sites (N-methyl/N-ethyl adjacent to an activating group) is 1. The number of aryl methyl sites for hydroxylation is 1. The van der Waals surface area contributed by atoms with Crippen molar-refractivity contribution in [2.45, 2.75) is 32.9 Å². The van der Waals surface area contributed by atoms with Gasteiger partial charge in [-0.05, 0) is 20.3 Å². The summed E-state index contributed by atoms with van der Waals surface area (Å²) in [6, 6.07) is 0.398. The fourth-order valence-electron chi connectivity index (χ4n) is 2.66. The molecule has 102 valence electrons. The van der Waals surface area contributed by atoms with E-state index in [1.807, 2.05) is 10.9 Å². The number of imidazole rings is 1. The van der Waals surface area contributed by atoms with Gasteiger partial charge in [0.2, 0.25) is 0 Å². The van der Waals surface area contributed by atoms with Gasteiger partial charge in [-0.15, -0.1) is 0 Å². The zero-order valence-corrected chi connectivity index (χ0v) is 11.4. The first-order valence-corrected chi connectivity index (χ1v) is 6.85. The first-order valence-electron chi connectivity index (χ1n) is 6.85. The zero-order chi connectivity index (χ0) is 13.2. The lowest BCUT2D eigenvalue weighted by atomic mass is 10.2. The molecule has 2 aromatic rings. The molecule has 3 heterocycles. The topological polar surface area (TPSA) is 56.1 Å². The molecule has 19 heavy (non-hydrogen) atoms. The number of nitrogens with zero attached hydrogens (tertiary/aromatic N) is 5. The summed E-state index contributed by atoms with van der Waals surface area (Å²) in [4.78, 5) is 15.6. The van der Waals surface area contributed by atoms with Crippen LogP contribution in [0.1, 0.15) is 20.3 Å². The summed E-state index contributed by atoms with van der Waals surface area (Å²) < 4.78 is 7.53. The monoisotopic (exact) mass is 261 g/mol. The van der Waals surface area contributed by atoms with Crippen molar-refractivity contribution in [3.05, 3.63) is 12.7 Å². The molecule has 1 aliphatic heterocycles. The molecule has 6 heteroatoms. The molecule has 1 aliphatic rings. The predicted octanol–water partition coefficient (Wildman–Crippen LogP) is 1.46. The highest BCUT2D eigenvalue weighted by atomic mass is 16.5. The van der Waals surface area contributed by atoms with E-state index in [0.29, 0.717) is 6.04 Å². The van der Waals surface area contributed by atoms with E-state index in [0.717, 1.165) is 49.7 Å². The molecule has 6 nitrogen and oxygen atoms in total. The number of hydrogen-bond donors (Lipinski definition) is 0. The molecule has 0 amide bonds. The van der Waals surface area contributed by atoms with Gasteiger partial charge in [-0.25, -0.2) is 15.0 Å². The van der Waals surface area contributed by atoms with Gasteiger partial charge in [0.1, 0.15) is 6.33 Å². The maximum atomic E-state index is 5.49. The van der Waals surface area contributed by atoms with E-state index in [2.05, 4.69) is 33.7 Å². The zero-order valence-electron chi connectivity index (χ0n) is 11.4. The minimum Gasteiger partial charge on any atom is -0.379 e. The van der Waals surface area contributed by atoms with Crippen LogP contribution in [0.2, 0.25) is 0 Å². The van der Waals surface area contributed by atoms with Crippen LogP contribution in [0.15, 0.2) is 12.7 Å². The smallest absolute Gasteiger partial charge is 0.165 e. The second kappa shape index (κ2) is 5.13. The average molecular weight is 261 g/mol. The van der Waals surface area contributed by atoms with Crippen molar-refractivity contribution in [3.8, 4) is 0 Å². The highest BCUT2D eigenvalue weighted by molar-refractivity contribution is 5.83. The maximum absolute atomic E-state index is 5.49. The van der Waals surface area contributed by atoms with Crippen molar-refractivity contribution in [2.75, 3.05) is 24.7 Å². The molecule has 0 spiro atoms. The Labute approximate surface area is 112 Å². The number of fused-ring (bicyclic) bond motifs is 1. The van der Waals surface area contributed by atoms with Crippen molar-refractivity contribution < 1.29 is 4.74 Å². The van der Waals surface area contributed by atoms with Gasteiger partial charge in [-0.2, -0.15) is 0 Å². The minimum atomic E-state index is 0.398. The number of aromatic nitrogens is 4. The van der Waals surface area contributed by atoms with E-state index in [1.165, 1.54) is 0 Å². The largest absolute Gasteiger partial charge is 0.379 e. The number of hydrogen-bond acceptors (Lipinski definition) is 5. The molecule has 0 aliphatic carbocycles. The summed E-state index contributed by atoms with van der Waals surface area (Å²) >= 11 is 0. The third kappa shape index (κ3) is 2.06. The normalized spacial score (nSPS) is 19.2. The van der Waals surface area contributed by atoms with Crippen LogP contribution in [0.25, 0.3) is 11.2 Å². The lowest BCUT2D eigenvalue weighted by Crippen LogP contribution is -2.36. The standard InChI is InChI=1S/C13H19N5O/c1-3-17-9-16-11-12(17)14-8-15-13(11)18(4-2)10-5-6-19-7-10/h8-10H,3-7H2,1-2H3/t10-/m1/s1. The van der Waals surface area contributed by atoms with Gasteiger partial charge < -0.3 is 14.2 Å². The van der Waals surface area contributed by atoms with E-state index >= 15 is 0 Å². The van der Waals surface area contributed by atoms with Crippen LogP contribution in [-0.2, 0) is 11.3 Å². The van der Waals surface area contributed by atoms with Gasteiger partial charge in [0, 0.05) is 19.7 Å². The SMILES string of the molecule is CCN(c1ncnc2c1ncn2CC)[C@@H]1CCOC1. The Morgan fingerprint density at radius 2 is 2.26 bits per heavy atom. The van der Waals surface area contributed by atoms with E-state index < -0.39 is 0 Å². The molecular weight excluding hydrogens is 242 g/mol. The Balaban J connectivity index is 2.05. The molecule has 2 aromatic heterocycles. The van der Waals surface area contributed by atoms with Crippen molar-refractivity contribution >= 4 is 17.0 Å². The summed E-state index contributed by atoms with van der Waals surface area (Å²) in [5.74, 6) is 0.926. The van der Waals surface area contributed by atoms with Crippen LogP contribution in [-0.4, -0.2) is 45.3 Å². The minimum absolute atomic E-state index is 0.398. The number of rotatable bonds is 4. The van der Waals surface area contributed by atoms with Crippen LogP contribution in [0.5, 0.6) is 0 Å². The lowest BCUT2D eigenvalue weighted by molar-refractivity contribution is 0.193. The summed E-state index contributed by atoms with van der Waals surface area (Å²) in [6.07, 6.45) is 4.51. The quantitative estimate of drug-likeness (QED) is 0.834. The first kappa shape index (κ1) is 12.3. The highest BCUT2D eigenvalue weighted by Crippen LogP contribution is 2.25. The maximum Gasteiger partial charge on any atom is 0.165 e. The first-order chi connectivity index (χ1) is 9.35. The van der Waals surface area contributed by atoms with Crippen molar-refractivity contribution in [1.82, 2.24) is 19.5 Å². The third-order valence-corrected chi connectivity index (χ3v) is 3.68. The molecule has 3 rings (SSSR count). The molecule has 0 bridgehead atoms. The Kier molecular flexibility index (Phi) is 3.33. The number of ether oxygens (including phenoxy) is 1. The van der Waals surface area contributed by atoms with E-state index in [1.54, 1.807) is 6.33 Å². The fraction of sp³-hybridized carbons (Fsp3) is 0.615. The summed E-state index contributed by atoms with van der Waals surface area (Å²) in [5, 5.41) is 0. The van der Waals surface area contributed by atoms with Gasteiger partial charge in [0.15, 0.2) is 17.0 Å². The molecule has 1 saturated heterocycles. The highest BCUT2D eigenvalue weighted by Gasteiger charge is 2.25. The second-order valence-electron chi connectivity index (χ2n) is 4.70. The molecule has 0 radical (unpaired) electrons. The van der Waals surface area contributed by atoms with Gasteiger partial charge in [-0.3, -0.25) is 0 Å². The van der Waals surface area contributed by atoms with Crippen LogP contribution < -0.4 is 4.90 Å². The van der Waals surface area contributed by atoms with Gasteiger partial charge >= 0.3 is 0 Å². The summed E-state index contributed by atoms with van der Waals surface area (Å²) in [7, 11) is 0. The van der Waals surface area contributed by atoms with Crippen LogP contribution >= 0.6 is 0 Å². The van der Waals surface area contributed by atoms with Crippen molar-refractivity contribution in [3.63, 3.8) is 0 Å². The van der Waals surface area contributed by atoms with E-state index in [9.17, 15) is 0 Å². The number of anilines is 1. The molecule has 0 unspecified atom stereocenters. The summed E-state index contributed by atoms with van der Waals surface area (Å²) in [5.41, 5.74) is 1.79. The summed E-state index contributed by atoms with van der Waals surface area (Å²) in [6.45, 7) is 7.60. The van der Waals surface area contributed by atoms with E-state index in [-0.39, 0.29) is 0 Å². The second-order valence-corrected chi connectivity index (χ2v) is 4.70. The Hall–Kier alpha value is -1.69. The van der Waals surface area contributed by atoms with Crippen molar-refractivity contribution in [1.29, 1.82) is 0 Å². The third-order valence-electron chi connectivity index (χ3n) is 3.68. The molecule has 1 atom stereocenters. The molecule has 0 saturated carbocycles. The fourth-order valence-corrected chi connectivity index (χ4v) is 2.66. The molecule has 0 aromatic carbocycles. The van der Waals surface area contributed by atoms with Crippen LogP contribution in [0, 0.1) is 0 Å². The van der Waals surface area contributed by atoms with Crippen LogP contribution in [0.3, 0.4) is 0 Å². The molecular formula is C13H19N5O. The Bertz CT molecular complexity index is 561. The molecule has 1 fully saturated rings. The Morgan fingerprint density at radius 3 is 2.95 bits per heavy atom. The lowest BCUT2D eigenvalue weighted by Gasteiger charge is -2.27. The van der Waals surface area contributed by atoms with Gasteiger partial charge in [-0.1, -0.05) is 0 Å². The van der Waals surface area contributed by atoms with Gasteiger partial charge in [0.25, 0.3) is 0 Å². The van der Waals surface area contributed by atoms with Crippen molar-refractivity contribution in [2.24, 2.45) is 0 Å². The molecule has 0 N–H and O–H groups in total. The van der Waals surface area contributed by atoms with Gasteiger partial charge in [0.05, 0.1) is 19.0 Å².